The smallest absolute Gasteiger partial charge is 0.335 e. The normalized spacial score (nSPS) is 12.1. The minimum Gasteiger partial charge on any atom is -0.478 e. The average molecular weight is 323 g/mol. The molecule has 0 heterocycles. The Balaban J connectivity index is 3.34. The van der Waals surface area contributed by atoms with E-state index < -0.39 is 42.1 Å². The zero-order valence-electron chi connectivity index (χ0n) is 11.2. The van der Waals surface area contributed by atoms with Crippen LogP contribution in [-0.2, 0) is 10.0 Å². The molecule has 0 aliphatic rings. The predicted molar refractivity (Wildman–Crippen MR) is 70.0 cm³/mol. The van der Waals surface area contributed by atoms with E-state index in [1.165, 1.54) is 19.1 Å². The highest BCUT2D eigenvalue weighted by Gasteiger charge is 2.29. The Hall–Kier alpha value is -1.58. The van der Waals surface area contributed by atoms with E-state index in [4.69, 9.17) is 10.2 Å². The van der Waals surface area contributed by atoms with Gasteiger partial charge in [-0.05, 0) is 24.6 Å². The first-order chi connectivity index (χ1) is 9.71. The fraction of sp³-hybridized carbons (Fsp3) is 0.417. The molecule has 0 unspecified atom stereocenters. The summed E-state index contributed by atoms with van der Waals surface area (Å²) in [6.07, 6.45) is -2.91. The van der Waals surface area contributed by atoms with Crippen LogP contribution in [0.25, 0.3) is 0 Å². The number of benzene rings is 1. The minimum absolute atomic E-state index is 0.0396. The number of rotatable bonds is 7. The standard InChI is InChI=1S/C12H15F2NO5S/c1-8-9(12(17)18)3-2-4-10(8)21(19,20)15(5-6-16)7-11(13)14/h2-4,11,16H,5-7H2,1H3,(H,17,18). The van der Waals surface area contributed by atoms with Gasteiger partial charge >= 0.3 is 5.97 Å². The van der Waals surface area contributed by atoms with Gasteiger partial charge < -0.3 is 10.2 Å². The Morgan fingerprint density at radius 1 is 1.38 bits per heavy atom. The summed E-state index contributed by atoms with van der Waals surface area (Å²) in [5.74, 6) is -1.31. The molecular formula is C12H15F2NO5S. The number of aliphatic hydroxyl groups is 1. The summed E-state index contributed by atoms with van der Waals surface area (Å²) < 4.78 is 50.1. The van der Waals surface area contributed by atoms with Gasteiger partial charge in [-0.15, -0.1) is 0 Å². The summed E-state index contributed by atoms with van der Waals surface area (Å²) in [4.78, 5) is 10.6. The van der Waals surface area contributed by atoms with Crippen LogP contribution in [-0.4, -0.2) is 55.0 Å². The molecule has 0 aliphatic carbocycles. The summed E-state index contributed by atoms with van der Waals surface area (Å²) in [5.41, 5.74) is -0.265. The highest BCUT2D eigenvalue weighted by atomic mass is 32.2. The molecule has 9 heteroatoms. The highest BCUT2D eigenvalue weighted by molar-refractivity contribution is 7.89. The zero-order chi connectivity index (χ0) is 16.2. The first-order valence-corrected chi connectivity index (χ1v) is 7.38. The number of aromatic carboxylic acids is 1. The van der Waals surface area contributed by atoms with Gasteiger partial charge in [0.2, 0.25) is 10.0 Å². The minimum atomic E-state index is -4.31. The Labute approximate surface area is 120 Å². The molecule has 0 aromatic heterocycles. The van der Waals surface area contributed by atoms with Gasteiger partial charge in [0.05, 0.1) is 23.6 Å². The molecule has 21 heavy (non-hydrogen) atoms. The summed E-state index contributed by atoms with van der Waals surface area (Å²) >= 11 is 0. The van der Waals surface area contributed by atoms with Crippen LogP contribution in [0.2, 0.25) is 0 Å². The van der Waals surface area contributed by atoms with Crippen LogP contribution in [0, 0.1) is 6.92 Å². The number of carboxylic acid groups (broad SMARTS) is 1. The van der Waals surface area contributed by atoms with Crippen LogP contribution in [0.15, 0.2) is 23.1 Å². The van der Waals surface area contributed by atoms with Crippen molar-refractivity contribution in [2.24, 2.45) is 0 Å². The molecule has 0 fully saturated rings. The second-order valence-electron chi connectivity index (χ2n) is 4.21. The first kappa shape index (κ1) is 17.5. The van der Waals surface area contributed by atoms with E-state index >= 15 is 0 Å². The van der Waals surface area contributed by atoms with E-state index in [9.17, 15) is 22.0 Å². The molecule has 118 valence electrons. The van der Waals surface area contributed by atoms with Crippen LogP contribution >= 0.6 is 0 Å². The number of hydrogen-bond donors (Lipinski definition) is 2. The molecule has 0 radical (unpaired) electrons. The van der Waals surface area contributed by atoms with E-state index in [1.54, 1.807) is 0 Å². The third-order valence-electron chi connectivity index (χ3n) is 2.82. The van der Waals surface area contributed by atoms with E-state index in [0.717, 1.165) is 6.07 Å². The number of carbonyl (C=O) groups is 1. The third kappa shape index (κ3) is 3.96. The van der Waals surface area contributed by atoms with Gasteiger partial charge in [0.1, 0.15) is 0 Å². The highest BCUT2D eigenvalue weighted by Crippen LogP contribution is 2.23. The summed E-state index contributed by atoms with van der Waals surface area (Å²) in [5, 5.41) is 17.8. The maximum Gasteiger partial charge on any atom is 0.335 e. The fourth-order valence-corrected chi connectivity index (χ4v) is 3.50. The van der Waals surface area contributed by atoms with Crippen LogP contribution in [0.3, 0.4) is 0 Å². The Bertz CT molecular complexity index is 618. The maximum absolute atomic E-state index is 12.5. The van der Waals surface area contributed by atoms with Crippen molar-refractivity contribution in [3.63, 3.8) is 0 Å². The SMILES string of the molecule is Cc1c(C(=O)O)cccc1S(=O)(=O)N(CCO)CC(F)F. The van der Waals surface area contributed by atoms with Crippen molar-refractivity contribution in [1.29, 1.82) is 0 Å². The Kier molecular flexibility index (Phi) is 5.76. The van der Waals surface area contributed by atoms with Gasteiger partial charge in [0.25, 0.3) is 6.43 Å². The Morgan fingerprint density at radius 2 is 2.00 bits per heavy atom. The zero-order valence-corrected chi connectivity index (χ0v) is 12.0. The summed E-state index contributed by atoms with van der Waals surface area (Å²) in [6.45, 7) is -0.900. The lowest BCUT2D eigenvalue weighted by molar-refractivity contribution is 0.0695. The largest absolute Gasteiger partial charge is 0.478 e. The van der Waals surface area contributed by atoms with Crippen LogP contribution < -0.4 is 0 Å². The molecule has 0 saturated carbocycles. The van der Waals surface area contributed by atoms with Gasteiger partial charge in [-0.25, -0.2) is 22.0 Å². The van der Waals surface area contributed by atoms with E-state index in [1.807, 2.05) is 0 Å². The molecular weight excluding hydrogens is 308 g/mol. The molecule has 0 aliphatic heterocycles. The number of hydrogen-bond acceptors (Lipinski definition) is 4. The fourth-order valence-electron chi connectivity index (χ4n) is 1.84. The van der Waals surface area contributed by atoms with Crippen molar-refractivity contribution < 1.29 is 32.2 Å². The molecule has 0 spiro atoms. The number of sulfonamides is 1. The van der Waals surface area contributed by atoms with E-state index in [-0.39, 0.29) is 16.0 Å². The second kappa shape index (κ2) is 6.92. The molecule has 0 bridgehead atoms. The van der Waals surface area contributed by atoms with E-state index in [2.05, 4.69) is 0 Å². The van der Waals surface area contributed by atoms with Gasteiger partial charge in [0, 0.05) is 6.54 Å². The molecule has 2 N–H and O–H groups in total. The topological polar surface area (TPSA) is 94.9 Å². The lowest BCUT2D eigenvalue weighted by Crippen LogP contribution is -2.37. The molecule has 0 atom stereocenters. The molecule has 6 nitrogen and oxygen atoms in total. The van der Waals surface area contributed by atoms with Crippen molar-refractivity contribution in [3.05, 3.63) is 29.3 Å². The molecule has 1 aromatic carbocycles. The quantitative estimate of drug-likeness (QED) is 0.779. The lowest BCUT2D eigenvalue weighted by Gasteiger charge is -2.22. The average Bonchev–Trinajstić information content (AvgIpc) is 2.37. The second-order valence-corrected chi connectivity index (χ2v) is 6.12. The molecule has 0 amide bonds. The molecule has 1 rings (SSSR count). The summed E-state index contributed by atoms with van der Waals surface area (Å²) in [6, 6.07) is 3.59. The Morgan fingerprint density at radius 3 is 2.48 bits per heavy atom. The van der Waals surface area contributed by atoms with Crippen molar-refractivity contribution in [2.45, 2.75) is 18.2 Å². The number of carboxylic acids is 1. The third-order valence-corrected chi connectivity index (χ3v) is 4.83. The number of nitrogens with zero attached hydrogens (tertiary/aromatic N) is 1. The lowest BCUT2D eigenvalue weighted by atomic mass is 10.1. The van der Waals surface area contributed by atoms with Crippen LogP contribution in [0.5, 0.6) is 0 Å². The maximum atomic E-state index is 12.5. The van der Waals surface area contributed by atoms with Crippen molar-refractivity contribution in [2.75, 3.05) is 19.7 Å². The number of alkyl halides is 2. The molecule has 0 saturated heterocycles. The molecule has 1 aromatic rings. The van der Waals surface area contributed by atoms with Crippen molar-refractivity contribution >= 4 is 16.0 Å². The van der Waals surface area contributed by atoms with Gasteiger partial charge in [-0.2, -0.15) is 4.31 Å². The van der Waals surface area contributed by atoms with Crippen LogP contribution in [0.4, 0.5) is 8.78 Å². The summed E-state index contributed by atoms with van der Waals surface area (Å²) in [7, 11) is -4.31. The van der Waals surface area contributed by atoms with Gasteiger partial charge in [0.15, 0.2) is 0 Å². The predicted octanol–water partition coefficient (Wildman–Crippen LogP) is 0.941. The van der Waals surface area contributed by atoms with Crippen LogP contribution in [0.1, 0.15) is 15.9 Å². The number of aliphatic hydroxyl groups excluding tert-OH is 1. The van der Waals surface area contributed by atoms with E-state index in [0.29, 0.717) is 4.31 Å². The monoisotopic (exact) mass is 323 g/mol. The number of halogens is 2. The van der Waals surface area contributed by atoms with Gasteiger partial charge in [-0.3, -0.25) is 0 Å². The van der Waals surface area contributed by atoms with Crippen molar-refractivity contribution in [3.8, 4) is 0 Å². The van der Waals surface area contributed by atoms with Crippen molar-refractivity contribution in [1.82, 2.24) is 4.31 Å². The first-order valence-electron chi connectivity index (χ1n) is 5.94. The van der Waals surface area contributed by atoms with Gasteiger partial charge in [-0.1, -0.05) is 6.07 Å².